The third-order valence-electron chi connectivity index (χ3n) is 3.45. The number of aromatic nitrogens is 3. The molecule has 1 heterocycles. The molecule has 1 rings (SSSR count). The molecule has 0 radical (unpaired) electrons. The molecule has 0 aliphatic rings. The lowest BCUT2D eigenvalue weighted by molar-refractivity contribution is -0.123. The van der Waals surface area contributed by atoms with Crippen LogP contribution in [0.4, 0.5) is 0 Å². The normalized spacial score (nSPS) is 13.5. The van der Waals surface area contributed by atoms with Gasteiger partial charge in [0.05, 0.1) is 25.7 Å². The Morgan fingerprint density at radius 1 is 1.41 bits per heavy atom. The lowest BCUT2D eigenvalue weighted by atomic mass is 9.88. The van der Waals surface area contributed by atoms with Gasteiger partial charge in [-0.1, -0.05) is 20.8 Å². The van der Waals surface area contributed by atoms with Crippen LogP contribution in [0.2, 0.25) is 0 Å². The Hall–Kier alpha value is -1.47. The summed E-state index contributed by atoms with van der Waals surface area (Å²) in [5.74, 6) is 1.57. The largest absolute Gasteiger partial charge is 0.394 e. The third-order valence-corrected chi connectivity index (χ3v) is 3.45. The van der Waals surface area contributed by atoms with Crippen LogP contribution in [0.1, 0.15) is 38.8 Å². The molecule has 2 N–H and O–H groups in total. The zero-order chi connectivity index (χ0) is 16.9. The molecule has 1 unspecified atom stereocenters. The van der Waals surface area contributed by atoms with Crippen molar-refractivity contribution in [3.8, 4) is 0 Å². The van der Waals surface area contributed by atoms with E-state index in [9.17, 15) is 9.90 Å². The molecule has 0 saturated heterocycles. The van der Waals surface area contributed by atoms with Crippen molar-refractivity contribution in [1.82, 2.24) is 25.0 Å². The Morgan fingerprint density at radius 2 is 2.05 bits per heavy atom. The highest BCUT2D eigenvalue weighted by atomic mass is 16.3. The monoisotopic (exact) mass is 311 g/mol. The number of nitrogens with zero attached hydrogens (tertiary/aromatic N) is 4. The van der Waals surface area contributed by atoms with Gasteiger partial charge in [0.2, 0.25) is 5.91 Å². The fourth-order valence-electron chi connectivity index (χ4n) is 2.30. The molecule has 0 bridgehead atoms. The van der Waals surface area contributed by atoms with E-state index in [-0.39, 0.29) is 30.5 Å². The molecule has 0 aliphatic carbocycles. The van der Waals surface area contributed by atoms with Crippen molar-refractivity contribution >= 4 is 5.91 Å². The summed E-state index contributed by atoms with van der Waals surface area (Å²) in [7, 11) is 3.77. The first-order valence-corrected chi connectivity index (χ1v) is 7.56. The van der Waals surface area contributed by atoms with Gasteiger partial charge in [0.15, 0.2) is 0 Å². The van der Waals surface area contributed by atoms with Crippen LogP contribution in [0.5, 0.6) is 0 Å². The van der Waals surface area contributed by atoms with Crippen molar-refractivity contribution in [2.24, 2.45) is 12.5 Å². The molecule has 7 nitrogen and oxygen atoms in total. The number of rotatable bonds is 7. The van der Waals surface area contributed by atoms with Crippen molar-refractivity contribution < 1.29 is 9.90 Å². The van der Waals surface area contributed by atoms with E-state index in [0.29, 0.717) is 6.54 Å². The van der Waals surface area contributed by atoms with Gasteiger partial charge in [-0.3, -0.25) is 9.69 Å². The topological polar surface area (TPSA) is 83.3 Å². The number of aryl methyl sites for hydroxylation is 1. The van der Waals surface area contributed by atoms with Crippen LogP contribution >= 0.6 is 0 Å². The average molecular weight is 311 g/mol. The number of carbonyl (C=O) groups is 1. The number of hydrogen-bond donors (Lipinski definition) is 2. The summed E-state index contributed by atoms with van der Waals surface area (Å²) in [6, 6.07) is -0.210. The van der Waals surface area contributed by atoms with Gasteiger partial charge in [0, 0.05) is 7.05 Å². The van der Waals surface area contributed by atoms with Crippen LogP contribution in [-0.2, 0) is 18.4 Å². The minimum atomic E-state index is -0.210. The van der Waals surface area contributed by atoms with E-state index in [4.69, 9.17) is 0 Å². The Labute approximate surface area is 132 Å². The lowest BCUT2D eigenvalue weighted by Crippen LogP contribution is -2.44. The summed E-state index contributed by atoms with van der Waals surface area (Å²) in [6.07, 6.45) is 0.738. The predicted octanol–water partition coefficient (Wildman–Crippen LogP) is 0.469. The number of likely N-dealkylation sites (N-methyl/N-ethyl adjacent to an activating group) is 1. The summed E-state index contributed by atoms with van der Waals surface area (Å²) in [5.41, 5.74) is 0.0583. The average Bonchev–Trinajstić information content (AvgIpc) is 2.68. The van der Waals surface area contributed by atoms with Gasteiger partial charge >= 0.3 is 0 Å². The maximum absolute atomic E-state index is 12.1. The van der Waals surface area contributed by atoms with Gasteiger partial charge in [0.1, 0.15) is 11.6 Å². The summed E-state index contributed by atoms with van der Waals surface area (Å²) in [4.78, 5) is 14.0. The second kappa shape index (κ2) is 7.69. The van der Waals surface area contributed by atoms with Crippen molar-refractivity contribution in [3.05, 3.63) is 11.6 Å². The Bertz CT molecular complexity index is 493. The maximum atomic E-state index is 12.1. The summed E-state index contributed by atoms with van der Waals surface area (Å²) < 4.78 is 1.91. The smallest absolute Gasteiger partial charge is 0.234 e. The highest BCUT2D eigenvalue weighted by Crippen LogP contribution is 2.20. The van der Waals surface area contributed by atoms with E-state index in [2.05, 4.69) is 36.3 Å². The maximum Gasteiger partial charge on any atom is 0.234 e. The Kier molecular flexibility index (Phi) is 6.49. The molecule has 1 atom stereocenters. The first kappa shape index (κ1) is 18.6. The lowest BCUT2D eigenvalue weighted by Gasteiger charge is -2.26. The molecule has 0 aliphatic heterocycles. The van der Waals surface area contributed by atoms with Crippen molar-refractivity contribution in [2.75, 3.05) is 20.2 Å². The van der Waals surface area contributed by atoms with Crippen LogP contribution in [0, 0.1) is 12.3 Å². The Balaban J connectivity index is 2.48. The van der Waals surface area contributed by atoms with Gasteiger partial charge in [-0.15, -0.1) is 10.2 Å². The van der Waals surface area contributed by atoms with Crippen molar-refractivity contribution in [2.45, 2.75) is 46.7 Å². The van der Waals surface area contributed by atoms with Crippen LogP contribution in [0.25, 0.3) is 0 Å². The molecule has 0 fully saturated rings. The molecule has 126 valence electrons. The quantitative estimate of drug-likeness (QED) is 0.765. The molecule has 0 aromatic carbocycles. The second-order valence-electron chi connectivity index (χ2n) is 7.11. The molecule has 22 heavy (non-hydrogen) atoms. The third kappa shape index (κ3) is 6.11. The van der Waals surface area contributed by atoms with E-state index in [1.807, 2.05) is 30.5 Å². The number of carbonyl (C=O) groups excluding carboxylic acids is 1. The molecule has 1 amide bonds. The predicted molar refractivity (Wildman–Crippen MR) is 85.2 cm³/mol. The van der Waals surface area contributed by atoms with Crippen LogP contribution in [0.3, 0.4) is 0 Å². The Morgan fingerprint density at radius 3 is 2.50 bits per heavy atom. The standard InChI is InChI=1S/C15H29N5O2/c1-11-17-18-13(20(11)6)8-19(5)9-14(22)16-12(10-21)7-15(2,3)4/h12,21H,7-10H2,1-6H3,(H,16,22). The summed E-state index contributed by atoms with van der Waals surface area (Å²) in [6.45, 7) is 8.91. The number of amides is 1. The van der Waals surface area contributed by atoms with Gasteiger partial charge in [-0.05, 0) is 25.8 Å². The van der Waals surface area contributed by atoms with Gasteiger partial charge in [-0.25, -0.2) is 0 Å². The van der Waals surface area contributed by atoms with E-state index in [1.165, 1.54) is 0 Å². The van der Waals surface area contributed by atoms with Crippen molar-refractivity contribution in [1.29, 1.82) is 0 Å². The molecule has 0 saturated carbocycles. The number of nitrogens with one attached hydrogen (secondary N) is 1. The van der Waals surface area contributed by atoms with E-state index in [0.717, 1.165) is 18.1 Å². The molecule has 1 aromatic heterocycles. The fraction of sp³-hybridized carbons (Fsp3) is 0.800. The highest BCUT2D eigenvalue weighted by molar-refractivity contribution is 5.78. The molecular formula is C15H29N5O2. The number of aliphatic hydroxyl groups excluding tert-OH is 1. The minimum absolute atomic E-state index is 0.0464. The van der Waals surface area contributed by atoms with E-state index >= 15 is 0 Å². The first-order valence-electron chi connectivity index (χ1n) is 7.56. The summed E-state index contributed by atoms with van der Waals surface area (Å²) in [5, 5.41) is 20.4. The number of aliphatic hydroxyl groups is 1. The SMILES string of the molecule is Cc1nnc(CN(C)CC(=O)NC(CO)CC(C)(C)C)n1C. The van der Waals surface area contributed by atoms with Gasteiger partial charge < -0.3 is 15.0 Å². The van der Waals surface area contributed by atoms with Crippen molar-refractivity contribution in [3.63, 3.8) is 0 Å². The second-order valence-corrected chi connectivity index (χ2v) is 7.11. The van der Waals surface area contributed by atoms with Gasteiger partial charge in [-0.2, -0.15) is 0 Å². The van der Waals surface area contributed by atoms with Crippen LogP contribution in [0.15, 0.2) is 0 Å². The van der Waals surface area contributed by atoms with Crippen LogP contribution in [-0.4, -0.2) is 56.9 Å². The highest BCUT2D eigenvalue weighted by Gasteiger charge is 2.20. The molecular weight excluding hydrogens is 282 g/mol. The molecule has 0 spiro atoms. The minimum Gasteiger partial charge on any atom is -0.394 e. The van der Waals surface area contributed by atoms with Gasteiger partial charge in [0.25, 0.3) is 0 Å². The van der Waals surface area contributed by atoms with Crippen LogP contribution < -0.4 is 5.32 Å². The summed E-state index contributed by atoms with van der Waals surface area (Å²) >= 11 is 0. The van der Waals surface area contributed by atoms with E-state index < -0.39 is 0 Å². The molecule has 1 aromatic rings. The fourth-order valence-corrected chi connectivity index (χ4v) is 2.30. The number of hydrogen-bond acceptors (Lipinski definition) is 5. The molecule has 7 heteroatoms. The zero-order valence-corrected chi connectivity index (χ0v) is 14.6. The first-order chi connectivity index (χ1) is 10.1. The zero-order valence-electron chi connectivity index (χ0n) is 14.6. The van der Waals surface area contributed by atoms with E-state index in [1.54, 1.807) is 0 Å².